The lowest BCUT2D eigenvalue weighted by atomic mass is 10.0. The quantitative estimate of drug-likeness (QED) is 0.691. The lowest BCUT2D eigenvalue weighted by Crippen LogP contribution is -2.42. The van der Waals surface area contributed by atoms with E-state index >= 15 is 0 Å². The summed E-state index contributed by atoms with van der Waals surface area (Å²) < 4.78 is 0. The van der Waals surface area contributed by atoms with Crippen LogP contribution in [0.15, 0.2) is 54.6 Å². The van der Waals surface area contributed by atoms with Crippen molar-refractivity contribution in [3.8, 4) is 0 Å². The molecular weight excluding hydrogens is 296 g/mol. The number of ketones is 1. The molecular formula is C17H16N2O4. The van der Waals surface area contributed by atoms with Crippen LogP contribution >= 0.6 is 0 Å². The fraction of sp³-hybridized carbons (Fsp3) is 0.118. The summed E-state index contributed by atoms with van der Waals surface area (Å²) in [6, 6.07) is 13.8. The molecule has 2 aromatic carbocycles. The number of carboxylic acid groups (broad SMARTS) is 1. The molecule has 23 heavy (non-hydrogen) atoms. The molecule has 1 amide bonds. The maximum atomic E-state index is 12.2. The van der Waals surface area contributed by atoms with E-state index in [4.69, 9.17) is 10.8 Å². The highest BCUT2D eigenvalue weighted by Gasteiger charge is 2.14. The first kappa shape index (κ1) is 16.4. The van der Waals surface area contributed by atoms with Gasteiger partial charge in [-0.25, -0.2) is 0 Å². The first-order valence-electron chi connectivity index (χ1n) is 6.95. The van der Waals surface area contributed by atoms with E-state index in [1.807, 2.05) is 6.07 Å². The molecule has 6 nitrogen and oxygen atoms in total. The minimum Gasteiger partial charge on any atom is -0.480 e. The summed E-state index contributed by atoms with van der Waals surface area (Å²) in [5.41, 5.74) is 6.67. The fourth-order valence-corrected chi connectivity index (χ4v) is 1.92. The van der Waals surface area contributed by atoms with Gasteiger partial charge in [-0.3, -0.25) is 14.4 Å². The van der Waals surface area contributed by atoms with Crippen molar-refractivity contribution in [2.75, 3.05) is 6.54 Å². The van der Waals surface area contributed by atoms with Gasteiger partial charge >= 0.3 is 5.97 Å². The van der Waals surface area contributed by atoms with Crippen LogP contribution in [0.2, 0.25) is 0 Å². The molecule has 0 fully saturated rings. The van der Waals surface area contributed by atoms with Gasteiger partial charge in [-0.2, -0.15) is 0 Å². The normalized spacial score (nSPS) is 11.5. The highest BCUT2D eigenvalue weighted by molar-refractivity contribution is 6.09. The number of carboxylic acids is 1. The van der Waals surface area contributed by atoms with E-state index in [1.54, 1.807) is 36.4 Å². The van der Waals surface area contributed by atoms with E-state index in [9.17, 15) is 14.4 Å². The van der Waals surface area contributed by atoms with Crippen molar-refractivity contribution in [2.45, 2.75) is 6.04 Å². The summed E-state index contributed by atoms with van der Waals surface area (Å²) in [6.45, 7) is -0.168. The van der Waals surface area contributed by atoms with Gasteiger partial charge in [-0.05, 0) is 12.1 Å². The summed E-state index contributed by atoms with van der Waals surface area (Å²) in [5, 5.41) is 11.1. The Morgan fingerprint density at radius 3 is 2.00 bits per heavy atom. The van der Waals surface area contributed by atoms with Gasteiger partial charge in [0.05, 0.1) is 0 Å². The molecule has 1 atom stereocenters. The lowest BCUT2D eigenvalue weighted by molar-refractivity contribution is -0.138. The van der Waals surface area contributed by atoms with Gasteiger partial charge < -0.3 is 16.2 Å². The Morgan fingerprint density at radius 1 is 0.913 bits per heavy atom. The summed E-state index contributed by atoms with van der Waals surface area (Å²) in [4.78, 5) is 34.7. The Hall–Kier alpha value is -2.99. The van der Waals surface area contributed by atoms with Crippen molar-refractivity contribution < 1.29 is 19.5 Å². The second kappa shape index (κ2) is 7.33. The van der Waals surface area contributed by atoms with E-state index in [0.717, 1.165) is 0 Å². The summed E-state index contributed by atoms with van der Waals surface area (Å²) >= 11 is 0. The molecule has 0 saturated carbocycles. The zero-order valence-electron chi connectivity index (χ0n) is 12.2. The van der Waals surface area contributed by atoms with E-state index in [-0.39, 0.29) is 12.3 Å². The molecule has 0 aliphatic heterocycles. The Bertz CT molecular complexity index is 711. The van der Waals surface area contributed by atoms with Crippen LogP contribution in [0, 0.1) is 0 Å². The molecule has 0 unspecified atom stereocenters. The third kappa shape index (κ3) is 4.24. The number of benzene rings is 2. The Kier molecular flexibility index (Phi) is 5.22. The van der Waals surface area contributed by atoms with Gasteiger partial charge in [0.1, 0.15) is 6.04 Å². The predicted molar refractivity (Wildman–Crippen MR) is 84.3 cm³/mol. The van der Waals surface area contributed by atoms with Gasteiger partial charge in [-0.1, -0.05) is 42.5 Å². The third-order valence-electron chi connectivity index (χ3n) is 3.24. The molecule has 0 aliphatic carbocycles. The molecule has 0 aliphatic rings. The van der Waals surface area contributed by atoms with Crippen LogP contribution in [0.3, 0.4) is 0 Å². The Balaban J connectivity index is 2.03. The predicted octanol–water partition coefficient (Wildman–Crippen LogP) is 1.06. The second-order valence-electron chi connectivity index (χ2n) is 4.93. The first-order valence-corrected chi connectivity index (χ1v) is 6.95. The molecule has 0 spiro atoms. The number of amides is 1. The first-order chi connectivity index (χ1) is 11.0. The van der Waals surface area contributed by atoms with Gasteiger partial charge in [0.15, 0.2) is 5.78 Å². The number of nitrogens with one attached hydrogen (secondary N) is 1. The van der Waals surface area contributed by atoms with E-state index in [2.05, 4.69) is 5.32 Å². The number of carbonyl (C=O) groups is 3. The zero-order chi connectivity index (χ0) is 16.8. The molecule has 2 rings (SSSR count). The Labute approximate surface area is 132 Å². The summed E-state index contributed by atoms with van der Waals surface area (Å²) in [6.07, 6.45) is 0. The van der Waals surface area contributed by atoms with Crippen LogP contribution in [-0.2, 0) is 4.79 Å². The van der Waals surface area contributed by atoms with Crippen LogP contribution in [0.5, 0.6) is 0 Å². The van der Waals surface area contributed by atoms with Crippen LogP contribution in [0.1, 0.15) is 26.3 Å². The number of rotatable bonds is 6. The standard InChI is InChI=1S/C17H16N2O4/c18-14(17(22)23)10-19-16(21)13-8-6-12(7-9-13)15(20)11-4-2-1-3-5-11/h1-9,14H,10,18H2,(H,19,21)(H,22,23)/t14-/m1/s1. The highest BCUT2D eigenvalue weighted by atomic mass is 16.4. The number of hydrogen-bond donors (Lipinski definition) is 3. The molecule has 0 heterocycles. The van der Waals surface area contributed by atoms with Gasteiger partial charge in [-0.15, -0.1) is 0 Å². The molecule has 2 aromatic rings. The zero-order valence-corrected chi connectivity index (χ0v) is 12.2. The van der Waals surface area contributed by atoms with Crippen molar-refractivity contribution >= 4 is 17.7 Å². The maximum Gasteiger partial charge on any atom is 0.322 e. The van der Waals surface area contributed by atoms with E-state index in [1.165, 1.54) is 12.1 Å². The number of carbonyl (C=O) groups excluding carboxylic acids is 2. The van der Waals surface area contributed by atoms with Gasteiger partial charge in [0, 0.05) is 23.2 Å². The smallest absolute Gasteiger partial charge is 0.322 e. The van der Waals surface area contributed by atoms with Crippen molar-refractivity contribution in [1.82, 2.24) is 5.32 Å². The number of nitrogens with two attached hydrogens (primary N) is 1. The molecule has 0 bridgehead atoms. The SMILES string of the molecule is N[C@H](CNC(=O)c1ccc(C(=O)c2ccccc2)cc1)C(=O)O. The topological polar surface area (TPSA) is 109 Å². The van der Waals surface area contributed by atoms with Crippen molar-refractivity contribution in [3.63, 3.8) is 0 Å². The second-order valence-corrected chi connectivity index (χ2v) is 4.93. The average molecular weight is 312 g/mol. The fourth-order valence-electron chi connectivity index (χ4n) is 1.92. The number of aliphatic carboxylic acids is 1. The molecule has 4 N–H and O–H groups in total. The summed E-state index contributed by atoms with van der Waals surface area (Å²) in [5.74, 6) is -1.76. The van der Waals surface area contributed by atoms with E-state index < -0.39 is 17.9 Å². The van der Waals surface area contributed by atoms with E-state index in [0.29, 0.717) is 16.7 Å². The van der Waals surface area contributed by atoms with Crippen molar-refractivity contribution in [3.05, 3.63) is 71.3 Å². The average Bonchev–Trinajstić information content (AvgIpc) is 2.59. The highest BCUT2D eigenvalue weighted by Crippen LogP contribution is 2.11. The maximum absolute atomic E-state index is 12.2. The molecule has 118 valence electrons. The van der Waals surface area contributed by atoms with Crippen LogP contribution < -0.4 is 11.1 Å². The summed E-state index contributed by atoms with van der Waals surface area (Å²) in [7, 11) is 0. The van der Waals surface area contributed by atoms with Crippen LogP contribution in [-0.4, -0.2) is 35.4 Å². The molecule has 0 radical (unpaired) electrons. The van der Waals surface area contributed by atoms with Gasteiger partial charge in [0.25, 0.3) is 5.91 Å². The van der Waals surface area contributed by atoms with Crippen LogP contribution in [0.4, 0.5) is 0 Å². The molecule has 0 saturated heterocycles. The molecule has 6 heteroatoms. The molecule has 0 aromatic heterocycles. The largest absolute Gasteiger partial charge is 0.480 e. The lowest BCUT2D eigenvalue weighted by Gasteiger charge is -2.09. The minimum absolute atomic E-state index is 0.134. The van der Waals surface area contributed by atoms with Crippen LogP contribution in [0.25, 0.3) is 0 Å². The van der Waals surface area contributed by atoms with Gasteiger partial charge in [0.2, 0.25) is 0 Å². The Morgan fingerprint density at radius 2 is 1.43 bits per heavy atom. The monoisotopic (exact) mass is 312 g/mol. The van der Waals surface area contributed by atoms with Crippen molar-refractivity contribution in [2.24, 2.45) is 5.73 Å². The third-order valence-corrected chi connectivity index (χ3v) is 3.24. The van der Waals surface area contributed by atoms with Crippen molar-refractivity contribution in [1.29, 1.82) is 0 Å². The number of hydrogen-bond acceptors (Lipinski definition) is 4. The minimum atomic E-state index is -1.19.